The van der Waals surface area contributed by atoms with Gasteiger partial charge in [-0.3, -0.25) is 0 Å². The molecule has 2 heterocycles. The van der Waals surface area contributed by atoms with E-state index in [0.717, 1.165) is 0 Å². The van der Waals surface area contributed by atoms with E-state index >= 15 is 0 Å². The normalized spacial score (nSPS) is 12.0. The van der Waals surface area contributed by atoms with Crippen LogP contribution in [0.15, 0.2) is 24.8 Å². The molecule has 2 aromatic rings. The maximum atomic E-state index is 12.5. The van der Waals surface area contributed by atoms with Crippen molar-refractivity contribution in [1.82, 2.24) is 9.55 Å². The van der Waals surface area contributed by atoms with Crippen LogP contribution in [0.25, 0.3) is 5.69 Å². The van der Waals surface area contributed by atoms with Crippen LogP contribution in [0.5, 0.6) is 5.75 Å². The van der Waals surface area contributed by atoms with Crippen molar-refractivity contribution in [3.8, 4) is 11.4 Å². The predicted octanol–water partition coefficient (Wildman–Crippen LogP) is 4.11. The van der Waals surface area contributed by atoms with E-state index in [2.05, 4.69) is 4.98 Å². The number of carbonyl (C=O) groups excluding carboxylic acids is 2. The highest BCUT2D eigenvalue weighted by atomic mass is 16.6. The smallest absolute Gasteiger partial charge is 0.344 e. The summed E-state index contributed by atoms with van der Waals surface area (Å²) in [7, 11) is 0. The molecule has 0 atom stereocenters. The van der Waals surface area contributed by atoms with Crippen LogP contribution in [0.3, 0.4) is 0 Å². The van der Waals surface area contributed by atoms with E-state index in [1.54, 1.807) is 70.9 Å². The van der Waals surface area contributed by atoms with Crippen LogP contribution in [-0.2, 0) is 9.47 Å². The van der Waals surface area contributed by atoms with Gasteiger partial charge in [0, 0.05) is 18.6 Å². The van der Waals surface area contributed by atoms with Gasteiger partial charge in [0.05, 0.1) is 18.5 Å². The van der Waals surface area contributed by atoms with Crippen molar-refractivity contribution in [3.63, 3.8) is 0 Å². The summed E-state index contributed by atoms with van der Waals surface area (Å²) < 4.78 is 18.1. The Morgan fingerprint density at radius 2 is 1.48 bits per heavy atom. The van der Waals surface area contributed by atoms with Crippen LogP contribution < -0.4 is 4.74 Å². The second-order valence-corrected chi connectivity index (χ2v) is 8.13. The van der Waals surface area contributed by atoms with Gasteiger partial charge in [0.15, 0.2) is 5.75 Å². The van der Waals surface area contributed by atoms with Crippen molar-refractivity contribution in [2.75, 3.05) is 6.61 Å². The number of H-pyrrole nitrogens is 1. The molecule has 0 aromatic carbocycles. The molecule has 0 amide bonds. The first-order valence-corrected chi connectivity index (χ1v) is 8.90. The van der Waals surface area contributed by atoms with E-state index in [9.17, 15) is 9.59 Å². The largest absolute Gasteiger partial charge is 0.491 e. The average Bonchev–Trinajstić information content (AvgIpc) is 3.09. The second kappa shape index (κ2) is 7.50. The number of hydrogen-bond donors (Lipinski definition) is 1. The Morgan fingerprint density at radius 1 is 0.926 bits per heavy atom. The molecule has 0 radical (unpaired) electrons. The maximum absolute atomic E-state index is 12.5. The average molecular weight is 376 g/mol. The number of esters is 2. The molecule has 1 N–H and O–H groups in total. The van der Waals surface area contributed by atoms with Crippen molar-refractivity contribution in [2.24, 2.45) is 0 Å². The van der Waals surface area contributed by atoms with Crippen molar-refractivity contribution in [2.45, 2.75) is 59.7 Å². The Labute approximate surface area is 159 Å². The third-order valence-corrected chi connectivity index (χ3v) is 3.33. The molecule has 0 spiro atoms. The Hall–Kier alpha value is -2.70. The first kappa shape index (κ1) is 20.6. The van der Waals surface area contributed by atoms with Gasteiger partial charge >= 0.3 is 11.9 Å². The zero-order valence-corrected chi connectivity index (χ0v) is 17.0. The summed E-state index contributed by atoms with van der Waals surface area (Å²) in [5.41, 5.74) is -0.0272. The van der Waals surface area contributed by atoms with E-state index < -0.39 is 23.1 Å². The van der Waals surface area contributed by atoms with Gasteiger partial charge in [-0.25, -0.2) is 9.59 Å². The first-order valence-electron chi connectivity index (χ1n) is 8.90. The summed E-state index contributed by atoms with van der Waals surface area (Å²) in [5, 5.41) is 0. The van der Waals surface area contributed by atoms with Gasteiger partial charge < -0.3 is 23.8 Å². The lowest BCUT2D eigenvalue weighted by atomic mass is 10.2. The Morgan fingerprint density at radius 3 is 2.00 bits per heavy atom. The number of nitrogens with one attached hydrogen (secondary N) is 1. The number of rotatable bonds is 5. The van der Waals surface area contributed by atoms with Crippen molar-refractivity contribution < 1.29 is 23.8 Å². The fraction of sp³-hybridized carbons (Fsp3) is 0.500. The maximum Gasteiger partial charge on any atom is 0.344 e. The summed E-state index contributed by atoms with van der Waals surface area (Å²) >= 11 is 0. The Kier molecular flexibility index (Phi) is 5.73. The lowest BCUT2D eigenvalue weighted by Crippen LogP contribution is -2.24. The third-order valence-electron chi connectivity index (χ3n) is 3.33. The SMILES string of the molecule is CCOc1cn(-c2c[nH]cc2C(=O)OC(C)(C)C)cc1C(=O)OC(C)(C)C. The highest BCUT2D eigenvalue weighted by Crippen LogP contribution is 2.27. The summed E-state index contributed by atoms with van der Waals surface area (Å²) in [4.78, 5) is 27.9. The number of ether oxygens (including phenoxy) is 3. The van der Waals surface area contributed by atoms with Gasteiger partial charge in [0.25, 0.3) is 0 Å². The van der Waals surface area contributed by atoms with E-state index in [-0.39, 0.29) is 0 Å². The lowest BCUT2D eigenvalue weighted by Gasteiger charge is -2.19. The molecule has 0 aliphatic rings. The standard InChI is InChI=1S/C20H28N2O5/c1-8-25-16-12-22(11-14(16)18(24)27-20(5,6)7)15-10-21-9-13(15)17(23)26-19(2,3)4/h9-12,21H,8H2,1-7H3. The molecule has 0 saturated carbocycles. The lowest BCUT2D eigenvalue weighted by molar-refractivity contribution is 0.00561. The molecule has 27 heavy (non-hydrogen) atoms. The predicted molar refractivity (Wildman–Crippen MR) is 102 cm³/mol. The summed E-state index contributed by atoms with van der Waals surface area (Å²) in [5.74, 6) is -0.550. The summed E-state index contributed by atoms with van der Waals surface area (Å²) in [6.07, 6.45) is 6.47. The van der Waals surface area contributed by atoms with Crippen LogP contribution in [0.1, 0.15) is 69.2 Å². The molecule has 0 unspecified atom stereocenters. The van der Waals surface area contributed by atoms with Crippen molar-refractivity contribution in [1.29, 1.82) is 0 Å². The molecule has 7 nitrogen and oxygen atoms in total. The number of carbonyl (C=O) groups is 2. The first-order chi connectivity index (χ1) is 12.4. The van der Waals surface area contributed by atoms with Crippen LogP contribution in [-0.4, -0.2) is 39.3 Å². The zero-order valence-electron chi connectivity index (χ0n) is 17.0. The Balaban J connectivity index is 2.41. The number of nitrogens with zero attached hydrogens (tertiary/aromatic N) is 1. The molecule has 0 fully saturated rings. The molecule has 2 rings (SSSR count). The molecular weight excluding hydrogens is 348 g/mol. The molecule has 0 aliphatic heterocycles. The van der Waals surface area contributed by atoms with Crippen LogP contribution in [0.2, 0.25) is 0 Å². The quantitative estimate of drug-likeness (QED) is 0.794. The van der Waals surface area contributed by atoms with E-state index in [0.29, 0.717) is 29.2 Å². The van der Waals surface area contributed by atoms with Crippen LogP contribution >= 0.6 is 0 Å². The fourth-order valence-corrected chi connectivity index (χ4v) is 2.40. The zero-order chi connectivity index (χ0) is 20.4. The molecule has 0 bridgehead atoms. The van der Waals surface area contributed by atoms with Crippen LogP contribution in [0.4, 0.5) is 0 Å². The van der Waals surface area contributed by atoms with E-state index in [4.69, 9.17) is 14.2 Å². The van der Waals surface area contributed by atoms with E-state index in [1.807, 2.05) is 6.92 Å². The highest BCUT2D eigenvalue weighted by Gasteiger charge is 2.26. The van der Waals surface area contributed by atoms with Gasteiger partial charge in [0.1, 0.15) is 22.3 Å². The third kappa shape index (κ3) is 5.39. The topological polar surface area (TPSA) is 82.5 Å². The molecule has 0 saturated heterocycles. The second-order valence-electron chi connectivity index (χ2n) is 8.13. The van der Waals surface area contributed by atoms with Gasteiger partial charge in [-0.1, -0.05) is 0 Å². The van der Waals surface area contributed by atoms with Gasteiger partial charge in [-0.2, -0.15) is 0 Å². The summed E-state index contributed by atoms with van der Waals surface area (Å²) in [6, 6.07) is 0. The summed E-state index contributed by atoms with van der Waals surface area (Å²) in [6.45, 7) is 13.0. The van der Waals surface area contributed by atoms with Gasteiger partial charge in [-0.15, -0.1) is 0 Å². The minimum Gasteiger partial charge on any atom is -0.491 e. The van der Waals surface area contributed by atoms with Crippen LogP contribution in [0, 0.1) is 0 Å². The molecule has 148 valence electrons. The van der Waals surface area contributed by atoms with E-state index in [1.165, 1.54) is 0 Å². The molecular formula is C20H28N2O5. The number of hydrogen-bond acceptors (Lipinski definition) is 5. The van der Waals surface area contributed by atoms with Crippen molar-refractivity contribution in [3.05, 3.63) is 35.9 Å². The number of aromatic nitrogens is 2. The number of aromatic amines is 1. The fourth-order valence-electron chi connectivity index (χ4n) is 2.40. The van der Waals surface area contributed by atoms with Crippen molar-refractivity contribution >= 4 is 11.9 Å². The molecule has 2 aromatic heterocycles. The monoisotopic (exact) mass is 376 g/mol. The molecule has 0 aliphatic carbocycles. The molecule has 7 heteroatoms. The minimum absolute atomic E-state index is 0.295. The highest BCUT2D eigenvalue weighted by molar-refractivity contribution is 5.95. The van der Waals surface area contributed by atoms with Gasteiger partial charge in [-0.05, 0) is 48.5 Å². The Bertz CT molecular complexity index is 818. The minimum atomic E-state index is -0.627. The van der Waals surface area contributed by atoms with Gasteiger partial charge in [0.2, 0.25) is 0 Å².